The molecule has 4 aliphatic rings. The van der Waals surface area contributed by atoms with Crippen molar-refractivity contribution >= 4 is 23.9 Å². The number of piperazine rings is 2. The summed E-state index contributed by atoms with van der Waals surface area (Å²) in [6.45, 7) is 19.4. The van der Waals surface area contributed by atoms with E-state index in [1.54, 1.807) is 10.1 Å². The van der Waals surface area contributed by atoms with E-state index in [2.05, 4.69) is 20.0 Å². The first-order valence-corrected chi connectivity index (χ1v) is 16.5. The van der Waals surface area contributed by atoms with Crippen molar-refractivity contribution in [2.75, 3.05) is 78.5 Å². The Morgan fingerprint density at radius 3 is 1.07 bits per heavy atom. The number of ether oxygens (including phenoxy) is 2. The van der Waals surface area contributed by atoms with Crippen LogP contribution in [0.1, 0.15) is 73.6 Å². The van der Waals surface area contributed by atoms with Crippen LogP contribution < -0.4 is 0 Å². The monoisotopic (exact) mass is 638 g/mol. The fraction of sp³-hybridized carbons (Fsp3) is 0.871. The van der Waals surface area contributed by atoms with Gasteiger partial charge in [-0.05, 0) is 67.2 Å². The van der Waals surface area contributed by atoms with Crippen molar-refractivity contribution in [1.82, 2.24) is 30.2 Å². The summed E-state index contributed by atoms with van der Waals surface area (Å²) in [5.74, 6) is -1.62. The second kappa shape index (κ2) is 15.5. The van der Waals surface area contributed by atoms with E-state index in [9.17, 15) is 19.2 Å². The molecule has 45 heavy (non-hydrogen) atoms. The summed E-state index contributed by atoms with van der Waals surface area (Å²) in [4.78, 5) is 60.6. The largest absolute Gasteiger partial charge is 0.460 e. The Bertz CT molecular complexity index is 934. The zero-order valence-electron chi connectivity index (χ0n) is 28.1. The van der Waals surface area contributed by atoms with Crippen molar-refractivity contribution in [3.63, 3.8) is 0 Å². The molecule has 0 saturated carbocycles. The van der Waals surface area contributed by atoms with E-state index in [1.807, 2.05) is 41.5 Å². The summed E-state index contributed by atoms with van der Waals surface area (Å²) < 4.78 is 11.1. The van der Waals surface area contributed by atoms with Gasteiger partial charge in [-0.1, -0.05) is 0 Å². The molecule has 4 fully saturated rings. The molecule has 256 valence electrons. The third-order valence-corrected chi connectivity index (χ3v) is 8.40. The summed E-state index contributed by atoms with van der Waals surface area (Å²) in [6.07, 6.45) is 2.59. The molecule has 0 aromatic carbocycles. The van der Waals surface area contributed by atoms with Crippen molar-refractivity contribution in [3.05, 3.63) is 0 Å². The number of piperidine rings is 2. The first kappa shape index (κ1) is 35.5. The number of hydrogen-bond acceptors (Lipinski definition) is 14. The van der Waals surface area contributed by atoms with Crippen LogP contribution in [0.4, 0.5) is 0 Å². The minimum absolute atomic E-state index is 0.0682. The fourth-order valence-electron chi connectivity index (χ4n) is 6.11. The van der Waals surface area contributed by atoms with E-state index in [-0.39, 0.29) is 23.8 Å². The highest BCUT2D eigenvalue weighted by Crippen LogP contribution is 2.24. The number of hydrazine groups is 2. The van der Waals surface area contributed by atoms with Gasteiger partial charge in [-0.3, -0.25) is 9.59 Å². The molecule has 4 heterocycles. The van der Waals surface area contributed by atoms with E-state index >= 15 is 0 Å². The van der Waals surface area contributed by atoms with Crippen molar-refractivity contribution in [2.45, 2.75) is 84.8 Å². The van der Waals surface area contributed by atoms with Crippen LogP contribution in [0.15, 0.2) is 0 Å². The lowest BCUT2D eigenvalue weighted by Crippen LogP contribution is -2.56. The molecule has 4 rings (SSSR count). The molecule has 0 aromatic heterocycles. The van der Waals surface area contributed by atoms with Crippen molar-refractivity contribution in [1.29, 1.82) is 0 Å². The average Bonchev–Trinajstić information content (AvgIpc) is 2.96. The van der Waals surface area contributed by atoms with Gasteiger partial charge < -0.3 is 19.1 Å². The van der Waals surface area contributed by atoms with Gasteiger partial charge in [0, 0.05) is 78.5 Å². The van der Waals surface area contributed by atoms with Crippen LogP contribution >= 0.6 is 0 Å². The van der Waals surface area contributed by atoms with Gasteiger partial charge in [0.05, 0.1) is 11.8 Å². The van der Waals surface area contributed by atoms with Crippen LogP contribution in [-0.2, 0) is 38.3 Å². The molecule has 0 aromatic rings. The Kier molecular flexibility index (Phi) is 12.2. The lowest BCUT2D eigenvalue weighted by Gasteiger charge is -2.43. The van der Waals surface area contributed by atoms with E-state index in [4.69, 9.17) is 19.1 Å². The predicted molar refractivity (Wildman–Crippen MR) is 163 cm³/mol. The van der Waals surface area contributed by atoms with E-state index < -0.39 is 29.6 Å². The average molecular weight is 639 g/mol. The molecule has 14 heteroatoms. The third kappa shape index (κ3) is 11.4. The minimum atomic E-state index is -0.627. The van der Waals surface area contributed by atoms with Crippen LogP contribution in [0.5, 0.6) is 0 Å². The first-order chi connectivity index (χ1) is 21.1. The van der Waals surface area contributed by atoms with Gasteiger partial charge >= 0.3 is 23.9 Å². The number of nitrogens with zero attached hydrogens (tertiary/aromatic N) is 6. The van der Waals surface area contributed by atoms with Gasteiger partial charge in [0.15, 0.2) is 0 Å². The third-order valence-electron chi connectivity index (χ3n) is 8.40. The molecular weight excluding hydrogens is 584 g/mol. The molecule has 4 saturated heterocycles. The van der Waals surface area contributed by atoms with Crippen molar-refractivity contribution < 1.29 is 38.3 Å². The smallest absolute Gasteiger partial charge is 0.336 e. The lowest BCUT2D eigenvalue weighted by atomic mass is 9.97. The second-order valence-electron chi connectivity index (χ2n) is 14.4. The number of rotatable bonds is 8. The quantitative estimate of drug-likeness (QED) is 0.281. The zero-order chi connectivity index (χ0) is 32.8. The lowest BCUT2D eigenvalue weighted by molar-refractivity contribution is -0.219. The fourth-order valence-corrected chi connectivity index (χ4v) is 6.11. The summed E-state index contributed by atoms with van der Waals surface area (Å²) >= 11 is 0. The van der Waals surface area contributed by atoms with E-state index in [1.165, 1.54) is 0 Å². The van der Waals surface area contributed by atoms with Crippen LogP contribution in [0.2, 0.25) is 0 Å². The van der Waals surface area contributed by atoms with E-state index in [0.29, 0.717) is 52.4 Å². The molecule has 0 bridgehead atoms. The Morgan fingerprint density at radius 2 is 0.778 bits per heavy atom. The number of carbonyl (C=O) groups is 4. The highest BCUT2D eigenvalue weighted by molar-refractivity contribution is 5.90. The number of hydroxylamine groups is 4. The van der Waals surface area contributed by atoms with Crippen molar-refractivity contribution in [3.8, 4) is 0 Å². The first-order valence-electron chi connectivity index (χ1n) is 16.5. The SMILES string of the molecule is CC(C)(C)OC(=O)C1CCN(N2CCN(OC(=O)CC(=O)ON3CCN(N4CCC(C(=O)OC(C)(C)C)CC4)CC3)CC2)CC1. The van der Waals surface area contributed by atoms with Gasteiger partial charge in [-0.25, -0.2) is 29.6 Å². The van der Waals surface area contributed by atoms with Gasteiger partial charge in [0.2, 0.25) is 0 Å². The molecule has 0 atom stereocenters. The Balaban J connectivity index is 1.07. The molecule has 4 aliphatic heterocycles. The van der Waals surface area contributed by atoms with Gasteiger partial charge in [-0.2, -0.15) is 0 Å². The van der Waals surface area contributed by atoms with Crippen LogP contribution in [0, 0.1) is 11.8 Å². The van der Waals surface area contributed by atoms with Crippen LogP contribution in [-0.4, -0.2) is 144 Å². The summed E-state index contributed by atoms with van der Waals surface area (Å²) in [5.41, 5.74) is -0.945. The predicted octanol–water partition coefficient (Wildman–Crippen LogP) is 1.47. The second-order valence-corrected chi connectivity index (χ2v) is 14.4. The standard InChI is InChI=1S/C31H54N6O8/c1-30(2,3)42-28(40)24-7-11-32(12-8-24)34-15-19-36(20-16-34)44-26(38)23-27(39)45-37-21-17-35(18-22-37)33-13-9-25(10-14-33)29(41)43-31(4,5)6/h24-25H,7-23H2,1-6H3. The van der Waals surface area contributed by atoms with Gasteiger partial charge in [0.1, 0.15) is 17.6 Å². The number of esters is 2. The normalized spacial score (nSPS) is 23.4. The molecule has 14 nitrogen and oxygen atoms in total. The number of hydrogen-bond donors (Lipinski definition) is 0. The minimum Gasteiger partial charge on any atom is -0.460 e. The topological polar surface area (TPSA) is 125 Å². The van der Waals surface area contributed by atoms with Gasteiger partial charge in [-0.15, -0.1) is 10.1 Å². The Labute approximate surface area is 267 Å². The molecule has 0 N–H and O–H groups in total. The van der Waals surface area contributed by atoms with Crippen LogP contribution in [0.25, 0.3) is 0 Å². The molecular formula is C31H54N6O8. The highest BCUT2D eigenvalue weighted by atomic mass is 16.7. The molecule has 0 unspecified atom stereocenters. The summed E-state index contributed by atoms with van der Waals surface area (Å²) in [5, 5.41) is 12.2. The molecule has 0 aliphatic carbocycles. The van der Waals surface area contributed by atoms with Crippen LogP contribution in [0.3, 0.4) is 0 Å². The maximum atomic E-state index is 12.5. The number of carbonyl (C=O) groups excluding carboxylic acids is 4. The summed E-state index contributed by atoms with van der Waals surface area (Å²) in [6, 6.07) is 0. The highest BCUT2D eigenvalue weighted by Gasteiger charge is 2.34. The Hall–Kier alpha value is -2.36. The maximum Gasteiger partial charge on any atom is 0.336 e. The Morgan fingerprint density at radius 1 is 0.489 bits per heavy atom. The molecule has 0 radical (unpaired) electrons. The maximum absolute atomic E-state index is 12.5. The summed E-state index contributed by atoms with van der Waals surface area (Å²) in [7, 11) is 0. The zero-order valence-corrected chi connectivity index (χ0v) is 28.1. The van der Waals surface area contributed by atoms with E-state index in [0.717, 1.165) is 51.9 Å². The molecule has 0 amide bonds. The molecule has 0 spiro atoms. The van der Waals surface area contributed by atoms with Crippen molar-refractivity contribution in [2.24, 2.45) is 11.8 Å². The van der Waals surface area contributed by atoms with Gasteiger partial charge in [0.25, 0.3) is 0 Å².